The summed E-state index contributed by atoms with van der Waals surface area (Å²) in [5, 5.41) is 2.97. The number of carbonyl (C=O) groups excluding carboxylic acids is 1. The third kappa shape index (κ3) is 2.59. The lowest BCUT2D eigenvalue weighted by molar-refractivity contribution is 0.101. The van der Waals surface area contributed by atoms with Crippen molar-refractivity contribution in [2.75, 3.05) is 5.32 Å². The normalized spacial score (nSPS) is 14.4. The van der Waals surface area contributed by atoms with E-state index in [2.05, 4.69) is 25.8 Å². The Bertz CT molecular complexity index is 629. The highest BCUT2D eigenvalue weighted by atomic mass is 79.9. The molecule has 1 N–H and O–H groups in total. The Morgan fingerprint density at radius 3 is 2.89 bits per heavy atom. The summed E-state index contributed by atoms with van der Waals surface area (Å²) in [6, 6.07) is 10.2. The molecule has 1 aromatic heterocycles. The summed E-state index contributed by atoms with van der Waals surface area (Å²) >= 11 is 3.46. The topological polar surface area (TPSA) is 34.0 Å². The maximum absolute atomic E-state index is 12.3. The standard InChI is InChI=1S/C15H15BrN2O/c1-10-4-7-12(16)13(9-10)17-15(19)14-3-2-8-18(14)11-5-6-11/h2-4,7-9,11H,5-6H2,1H3,(H,17,19). The van der Waals surface area contributed by atoms with Gasteiger partial charge in [-0.2, -0.15) is 0 Å². The molecule has 3 nitrogen and oxygen atoms in total. The van der Waals surface area contributed by atoms with Crippen LogP contribution >= 0.6 is 15.9 Å². The molecule has 1 aliphatic rings. The van der Waals surface area contributed by atoms with Crippen LogP contribution in [0.4, 0.5) is 5.69 Å². The highest BCUT2D eigenvalue weighted by Gasteiger charge is 2.26. The second-order valence-corrected chi connectivity index (χ2v) is 5.82. The number of hydrogen-bond donors (Lipinski definition) is 1. The first kappa shape index (κ1) is 12.5. The lowest BCUT2D eigenvalue weighted by Crippen LogP contribution is -2.16. The van der Waals surface area contributed by atoms with Crippen LogP contribution < -0.4 is 5.32 Å². The number of rotatable bonds is 3. The van der Waals surface area contributed by atoms with Crippen LogP contribution in [0.25, 0.3) is 0 Å². The molecule has 0 radical (unpaired) electrons. The Kier molecular flexibility index (Phi) is 3.19. The predicted octanol–water partition coefficient (Wildman–Crippen LogP) is 4.15. The summed E-state index contributed by atoms with van der Waals surface area (Å²) in [4.78, 5) is 12.3. The molecular weight excluding hydrogens is 304 g/mol. The molecule has 98 valence electrons. The molecule has 0 atom stereocenters. The van der Waals surface area contributed by atoms with Gasteiger partial charge in [-0.25, -0.2) is 0 Å². The summed E-state index contributed by atoms with van der Waals surface area (Å²) in [7, 11) is 0. The minimum Gasteiger partial charge on any atom is -0.340 e. The van der Waals surface area contributed by atoms with Gasteiger partial charge in [-0.1, -0.05) is 6.07 Å². The maximum Gasteiger partial charge on any atom is 0.272 e. The molecule has 19 heavy (non-hydrogen) atoms. The second kappa shape index (κ2) is 4.85. The van der Waals surface area contributed by atoms with Gasteiger partial charge in [-0.3, -0.25) is 4.79 Å². The zero-order valence-corrected chi connectivity index (χ0v) is 12.3. The van der Waals surface area contributed by atoms with E-state index in [9.17, 15) is 4.79 Å². The fourth-order valence-electron chi connectivity index (χ4n) is 2.18. The fourth-order valence-corrected chi connectivity index (χ4v) is 2.52. The highest BCUT2D eigenvalue weighted by molar-refractivity contribution is 9.10. The molecule has 1 amide bonds. The van der Waals surface area contributed by atoms with E-state index < -0.39 is 0 Å². The zero-order chi connectivity index (χ0) is 13.4. The van der Waals surface area contributed by atoms with Gasteiger partial charge in [-0.05, 0) is 65.5 Å². The summed E-state index contributed by atoms with van der Waals surface area (Å²) in [6.07, 6.45) is 4.32. The van der Waals surface area contributed by atoms with Gasteiger partial charge in [0.1, 0.15) is 5.69 Å². The number of amides is 1. The van der Waals surface area contributed by atoms with E-state index in [-0.39, 0.29) is 5.91 Å². The van der Waals surface area contributed by atoms with E-state index in [1.54, 1.807) is 0 Å². The van der Waals surface area contributed by atoms with Gasteiger partial charge in [-0.15, -0.1) is 0 Å². The molecule has 0 unspecified atom stereocenters. The van der Waals surface area contributed by atoms with E-state index in [4.69, 9.17) is 0 Å². The molecule has 0 saturated heterocycles. The van der Waals surface area contributed by atoms with Crippen LogP contribution in [-0.4, -0.2) is 10.5 Å². The number of nitrogens with zero attached hydrogens (tertiary/aromatic N) is 1. The van der Waals surface area contributed by atoms with Crippen molar-refractivity contribution in [3.05, 3.63) is 52.3 Å². The molecule has 4 heteroatoms. The molecule has 0 spiro atoms. The average Bonchev–Trinajstić information content (AvgIpc) is 3.11. The van der Waals surface area contributed by atoms with Gasteiger partial charge < -0.3 is 9.88 Å². The van der Waals surface area contributed by atoms with Crippen LogP contribution in [0.2, 0.25) is 0 Å². The van der Waals surface area contributed by atoms with Crippen molar-refractivity contribution in [1.29, 1.82) is 0 Å². The number of carbonyl (C=O) groups is 1. The van der Waals surface area contributed by atoms with E-state index >= 15 is 0 Å². The van der Waals surface area contributed by atoms with Crippen LogP contribution in [0, 0.1) is 6.92 Å². The number of halogens is 1. The van der Waals surface area contributed by atoms with Gasteiger partial charge in [0.15, 0.2) is 0 Å². The van der Waals surface area contributed by atoms with Crippen LogP contribution in [0.3, 0.4) is 0 Å². The number of aromatic nitrogens is 1. The second-order valence-electron chi connectivity index (χ2n) is 4.97. The van der Waals surface area contributed by atoms with E-state index in [1.807, 2.05) is 43.5 Å². The minimum absolute atomic E-state index is 0.0526. The first-order chi connectivity index (χ1) is 9.15. The van der Waals surface area contributed by atoms with Crippen molar-refractivity contribution in [1.82, 2.24) is 4.57 Å². The van der Waals surface area contributed by atoms with Gasteiger partial charge in [0.2, 0.25) is 0 Å². The van der Waals surface area contributed by atoms with Gasteiger partial charge in [0, 0.05) is 16.7 Å². The van der Waals surface area contributed by atoms with Gasteiger partial charge in [0.25, 0.3) is 5.91 Å². The first-order valence-corrected chi connectivity index (χ1v) is 7.19. The van der Waals surface area contributed by atoms with Crippen LogP contribution in [0.1, 0.15) is 34.9 Å². The van der Waals surface area contributed by atoms with Crippen molar-refractivity contribution >= 4 is 27.5 Å². The molecule has 1 saturated carbocycles. The average molecular weight is 319 g/mol. The smallest absolute Gasteiger partial charge is 0.272 e. The molecule has 3 rings (SSSR count). The lowest BCUT2D eigenvalue weighted by Gasteiger charge is -2.10. The highest BCUT2D eigenvalue weighted by Crippen LogP contribution is 2.36. The minimum atomic E-state index is -0.0526. The SMILES string of the molecule is Cc1ccc(Br)c(NC(=O)c2cccn2C2CC2)c1. The van der Waals surface area contributed by atoms with Gasteiger partial charge in [0.05, 0.1) is 5.69 Å². The molecular formula is C15H15BrN2O. The molecule has 1 heterocycles. The number of hydrogen-bond acceptors (Lipinski definition) is 1. The number of aryl methyl sites for hydroxylation is 1. The Balaban J connectivity index is 1.84. The molecule has 1 fully saturated rings. The van der Waals surface area contributed by atoms with E-state index in [1.165, 1.54) is 12.8 Å². The van der Waals surface area contributed by atoms with Gasteiger partial charge >= 0.3 is 0 Å². The summed E-state index contributed by atoms with van der Waals surface area (Å²) in [6.45, 7) is 2.01. The Hall–Kier alpha value is -1.55. The number of benzene rings is 1. The predicted molar refractivity (Wildman–Crippen MR) is 79.5 cm³/mol. The molecule has 2 aromatic rings. The van der Waals surface area contributed by atoms with Crippen LogP contribution in [-0.2, 0) is 0 Å². The largest absolute Gasteiger partial charge is 0.340 e. The van der Waals surface area contributed by atoms with Crippen molar-refractivity contribution in [3.8, 4) is 0 Å². The van der Waals surface area contributed by atoms with Crippen molar-refractivity contribution < 1.29 is 4.79 Å². The first-order valence-electron chi connectivity index (χ1n) is 6.39. The Morgan fingerprint density at radius 1 is 1.37 bits per heavy atom. The van der Waals surface area contributed by atoms with Crippen molar-refractivity contribution in [3.63, 3.8) is 0 Å². The van der Waals surface area contributed by atoms with Crippen molar-refractivity contribution in [2.24, 2.45) is 0 Å². The third-order valence-corrected chi connectivity index (χ3v) is 4.01. The quantitative estimate of drug-likeness (QED) is 0.906. The lowest BCUT2D eigenvalue weighted by atomic mass is 10.2. The molecule has 1 aliphatic carbocycles. The summed E-state index contributed by atoms with van der Waals surface area (Å²) < 4.78 is 2.97. The molecule has 0 bridgehead atoms. The number of anilines is 1. The summed E-state index contributed by atoms with van der Waals surface area (Å²) in [5.74, 6) is -0.0526. The Morgan fingerprint density at radius 2 is 2.16 bits per heavy atom. The monoisotopic (exact) mass is 318 g/mol. The number of nitrogens with one attached hydrogen (secondary N) is 1. The third-order valence-electron chi connectivity index (χ3n) is 3.32. The molecule has 1 aromatic carbocycles. The summed E-state index contributed by atoms with van der Waals surface area (Å²) in [5.41, 5.74) is 2.67. The zero-order valence-electron chi connectivity index (χ0n) is 10.7. The van der Waals surface area contributed by atoms with Crippen LogP contribution in [0.15, 0.2) is 41.0 Å². The fraction of sp³-hybridized carbons (Fsp3) is 0.267. The van der Waals surface area contributed by atoms with Crippen molar-refractivity contribution in [2.45, 2.75) is 25.8 Å². The Labute approximate surface area is 120 Å². The molecule has 0 aliphatic heterocycles. The van der Waals surface area contributed by atoms with E-state index in [0.29, 0.717) is 6.04 Å². The maximum atomic E-state index is 12.3. The van der Waals surface area contributed by atoms with Crippen LogP contribution in [0.5, 0.6) is 0 Å². The van der Waals surface area contributed by atoms with E-state index in [0.717, 1.165) is 21.4 Å².